The summed E-state index contributed by atoms with van der Waals surface area (Å²) in [5.41, 5.74) is 3.69. The number of nitrogens with one attached hydrogen (secondary N) is 1. The molecule has 0 spiro atoms. The van der Waals surface area contributed by atoms with Crippen LogP contribution in [0.2, 0.25) is 0 Å². The Balaban J connectivity index is 2.63. The molecule has 1 heterocycles. The summed E-state index contributed by atoms with van der Waals surface area (Å²) in [6.45, 7) is 7.53. The molecule has 0 atom stereocenters. The van der Waals surface area contributed by atoms with E-state index in [1.165, 1.54) is 0 Å². The number of aryl methyl sites for hydroxylation is 3. The summed E-state index contributed by atoms with van der Waals surface area (Å²) in [7, 11) is 0. The topological polar surface area (TPSA) is 82.5 Å². The lowest BCUT2D eigenvalue weighted by Gasteiger charge is -2.08. The van der Waals surface area contributed by atoms with Gasteiger partial charge < -0.3 is 5.11 Å². The first-order valence-electron chi connectivity index (χ1n) is 6.39. The van der Waals surface area contributed by atoms with Gasteiger partial charge in [-0.05, 0) is 50.2 Å². The zero-order chi connectivity index (χ0) is 15.7. The predicted octanol–water partition coefficient (Wildman–Crippen LogP) is 2.57. The Morgan fingerprint density at radius 3 is 2.29 bits per heavy atom. The molecule has 6 heteroatoms. The number of aromatic hydroxyl groups is 1. The molecule has 2 rings (SSSR count). The Bertz CT molecular complexity index is 824. The standard InChI is InChI=1S/C15H16N2O3S/c1-7-5-8(2)12(9(3)6-7)16-10(4)11-13(18)17-15(20)21-14(11)19/h5-6,19H,1-4H3,(H,17,18,20). The van der Waals surface area contributed by atoms with Gasteiger partial charge in [-0.25, -0.2) is 0 Å². The van der Waals surface area contributed by atoms with Crippen LogP contribution in [0, 0.1) is 20.8 Å². The van der Waals surface area contributed by atoms with Crippen LogP contribution in [0.4, 0.5) is 5.69 Å². The molecule has 0 saturated heterocycles. The number of aromatic nitrogens is 1. The number of hydrogen-bond acceptors (Lipinski definition) is 5. The maximum absolute atomic E-state index is 11.8. The fraction of sp³-hybridized carbons (Fsp3) is 0.267. The molecule has 1 aromatic carbocycles. The fourth-order valence-corrected chi connectivity index (χ4v) is 2.97. The van der Waals surface area contributed by atoms with Crippen LogP contribution in [0.3, 0.4) is 0 Å². The smallest absolute Gasteiger partial charge is 0.310 e. The van der Waals surface area contributed by atoms with Crippen molar-refractivity contribution >= 4 is 22.7 Å². The number of aromatic amines is 1. The first-order valence-corrected chi connectivity index (χ1v) is 7.21. The molecule has 110 valence electrons. The number of rotatable bonds is 2. The minimum absolute atomic E-state index is 0.0407. The van der Waals surface area contributed by atoms with Gasteiger partial charge in [0.2, 0.25) is 0 Å². The van der Waals surface area contributed by atoms with E-state index in [-0.39, 0.29) is 10.6 Å². The minimum Gasteiger partial charge on any atom is -0.499 e. The Hall–Kier alpha value is -2.21. The van der Waals surface area contributed by atoms with Crippen LogP contribution in [0.5, 0.6) is 5.06 Å². The number of hydrogen-bond donors (Lipinski definition) is 2. The maximum Gasteiger partial charge on any atom is 0.310 e. The van der Waals surface area contributed by atoms with E-state index in [0.717, 1.165) is 22.4 Å². The van der Waals surface area contributed by atoms with Crippen LogP contribution in [0.25, 0.3) is 0 Å². The molecule has 1 aromatic heterocycles. The summed E-state index contributed by atoms with van der Waals surface area (Å²) in [6, 6.07) is 4.01. The summed E-state index contributed by atoms with van der Waals surface area (Å²) in [4.78, 5) is 29.0. The average Bonchev–Trinajstić information content (AvgIpc) is 2.32. The van der Waals surface area contributed by atoms with Gasteiger partial charge in [0.05, 0.1) is 11.4 Å². The van der Waals surface area contributed by atoms with E-state index in [0.29, 0.717) is 17.0 Å². The van der Waals surface area contributed by atoms with Crippen LogP contribution in [-0.2, 0) is 0 Å². The van der Waals surface area contributed by atoms with Crippen molar-refractivity contribution < 1.29 is 5.11 Å². The minimum atomic E-state index is -0.625. The summed E-state index contributed by atoms with van der Waals surface area (Å²) >= 11 is 0.586. The number of benzene rings is 1. The van der Waals surface area contributed by atoms with E-state index in [1.807, 2.05) is 32.9 Å². The van der Waals surface area contributed by atoms with Crippen LogP contribution in [-0.4, -0.2) is 15.8 Å². The summed E-state index contributed by atoms with van der Waals surface area (Å²) in [5.74, 6) is 0. The normalized spacial score (nSPS) is 11.7. The molecule has 0 radical (unpaired) electrons. The molecule has 0 aliphatic heterocycles. The van der Waals surface area contributed by atoms with E-state index in [9.17, 15) is 14.7 Å². The Labute approximate surface area is 125 Å². The van der Waals surface area contributed by atoms with Crippen molar-refractivity contribution in [3.63, 3.8) is 0 Å². The quantitative estimate of drug-likeness (QED) is 0.836. The van der Waals surface area contributed by atoms with Gasteiger partial charge in [-0.3, -0.25) is 19.6 Å². The Kier molecular flexibility index (Phi) is 4.09. The average molecular weight is 304 g/mol. The highest BCUT2D eigenvalue weighted by Gasteiger charge is 2.13. The lowest BCUT2D eigenvalue weighted by atomic mass is 10.1. The predicted molar refractivity (Wildman–Crippen MR) is 85.4 cm³/mol. The molecule has 21 heavy (non-hydrogen) atoms. The number of nitrogens with zero attached hydrogens (tertiary/aromatic N) is 1. The molecule has 0 amide bonds. The van der Waals surface area contributed by atoms with Crippen molar-refractivity contribution in [1.82, 2.24) is 4.98 Å². The molecule has 0 aliphatic rings. The second kappa shape index (κ2) is 5.65. The molecule has 0 aliphatic carbocycles. The highest BCUT2D eigenvalue weighted by Crippen LogP contribution is 2.26. The molecule has 5 nitrogen and oxygen atoms in total. The largest absolute Gasteiger partial charge is 0.499 e. The van der Waals surface area contributed by atoms with Gasteiger partial charge in [0, 0.05) is 0 Å². The molecular formula is C15H16N2O3S. The zero-order valence-corrected chi connectivity index (χ0v) is 13.1. The molecule has 0 bridgehead atoms. The van der Waals surface area contributed by atoms with Gasteiger partial charge in [0.1, 0.15) is 5.56 Å². The number of H-pyrrole nitrogens is 1. The molecular weight excluding hydrogens is 288 g/mol. The molecule has 0 saturated carbocycles. The first kappa shape index (κ1) is 15.2. The zero-order valence-electron chi connectivity index (χ0n) is 12.3. The molecule has 2 aromatic rings. The molecule has 0 unspecified atom stereocenters. The highest BCUT2D eigenvalue weighted by atomic mass is 32.1. The van der Waals surface area contributed by atoms with Crippen LogP contribution >= 0.6 is 11.3 Å². The van der Waals surface area contributed by atoms with E-state index in [4.69, 9.17) is 0 Å². The fourth-order valence-electron chi connectivity index (χ4n) is 2.31. The van der Waals surface area contributed by atoms with E-state index in [1.54, 1.807) is 6.92 Å². The highest BCUT2D eigenvalue weighted by molar-refractivity contribution is 7.11. The monoisotopic (exact) mass is 304 g/mol. The Morgan fingerprint density at radius 2 is 1.76 bits per heavy atom. The van der Waals surface area contributed by atoms with Crippen LogP contribution < -0.4 is 10.4 Å². The van der Waals surface area contributed by atoms with Gasteiger partial charge in [-0.1, -0.05) is 17.7 Å². The lowest BCUT2D eigenvalue weighted by Crippen LogP contribution is -2.22. The van der Waals surface area contributed by atoms with Crippen molar-refractivity contribution in [2.24, 2.45) is 4.99 Å². The summed E-state index contributed by atoms with van der Waals surface area (Å²) < 4.78 is 0. The van der Waals surface area contributed by atoms with Crippen molar-refractivity contribution in [2.75, 3.05) is 0 Å². The van der Waals surface area contributed by atoms with E-state index >= 15 is 0 Å². The third kappa shape index (κ3) is 3.11. The SMILES string of the molecule is CC(=Nc1c(C)cc(C)cc1C)c1c(O)sc(=O)[nH]c1=O. The van der Waals surface area contributed by atoms with Gasteiger partial charge >= 0.3 is 4.87 Å². The Morgan fingerprint density at radius 1 is 1.19 bits per heavy atom. The molecule has 0 fully saturated rings. The van der Waals surface area contributed by atoms with Gasteiger partial charge in [-0.15, -0.1) is 0 Å². The first-order chi connectivity index (χ1) is 9.79. The van der Waals surface area contributed by atoms with Gasteiger partial charge in [0.15, 0.2) is 5.06 Å². The van der Waals surface area contributed by atoms with Crippen molar-refractivity contribution in [3.05, 3.63) is 54.4 Å². The van der Waals surface area contributed by atoms with Crippen molar-refractivity contribution in [3.8, 4) is 5.06 Å². The second-order valence-corrected chi connectivity index (χ2v) is 5.93. The second-order valence-electron chi connectivity index (χ2n) is 4.97. The van der Waals surface area contributed by atoms with Gasteiger partial charge in [-0.2, -0.15) is 0 Å². The third-order valence-electron chi connectivity index (χ3n) is 3.12. The summed E-state index contributed by atoms with van der Waals surface area (Å²) in [6.07, 6.45) is 0. The van der Waals surface area contributed by atoms with E-state index < -0.39 is 10.4 Å². The summed E-state index contributed by atoms with van der Waals surface area (Å²) in [5, 5.41) is 9.51. The van der Waals surface area contributed by atoms with Crippen molar-refractivity contribution in [2.45, 2.75) is 27.7 Å². The van der Waals surface area contributed by atoms with Crippen LogP contribution in [0.15, 0.2) is 26.7 Å². The van der Waals surface area contributed by atoms with Crippen LogP contribution in [0.1, 0.15) is 29.2 Å². The van der Waals surface area contributed by atoms with Gasteiger partial charge in [0.25, 0.3) is 5.56 Å². The molecule has 2 N–H and O–H groups in total. The lowest BCUT2D eigenvalue weighted by molar-refractivity contribution is 0.487. The van der Waals surface area contributed by atoms with Crippen molar-refractivity contribution in [1.29, 1.82) is 0 Å². The maximum atomic E-state index is 11.8. The number of aliphatic imine (C=N–C) groups is 1. The third-order valence-corrected chi connectivity index (χ3v) is 3.81. The van der Waals surface area contributed by atoms with E-state index in [2.05, 4.69) is 9.98 Å².